The van der Waals surface area contributed by atoms with Gasteiger partial charge < -0.3 is 16.2 Å². The Morgan fingerprint density at radius 3 is 2.89 bits per heavy atom. The van der Waals surface area contributed by atoms with Crippen molar-refractivity contribution in [3.05, 3.63) is 12.1 Å². The van der Waals surface area contributed by atoms with Gasteiger partial charge in [0.05, 0.1) is 6.20 Å². The van der Waals surface area contributed by atoms with Crippen molar-refractivity contribution in [3.8, 4) is 11.8 Å². The lowest BCUT2D eigenvalue weighted by Gasteiger charge is -1.97. The van der Waals surface area contributed by atoms with E-state index in [0.29, 0.717) is 6.61 Å². The molecule has 4 N–H and O–H groups in total. The first-order chi connectivity index (χ1) is 4.31. The van der Waals surface area contributed by atoms with Crippen LogP contribution in [0.4, 0.5) is 0 Å². The zero-order chi connectivity index (χ0) is 7.11. The number of nitrogens with two attached hydrogens (primary N) is 2. The molecule has 0 fully saturated rings. The van der Waals surface area contributed by atoms with Crippen molar-refractivity contribution in [2.45, 2.75) is 6.92 Å². The highest BCUT2D eigenvalue weighted by atomic mass is 16.5. The molecule has 0 spiro atoms. The molecule has 0 aliphatic carbocycles. The Kier molecular flexibility index (Phi) is 4.15. The maximum atomic E-state index is 5.16. The van der Waals surface area contributed by atoms with Crippen molar-refractivity contribution in [2.75, 3.05) is 6.61 Å². The molecular weight excluding hydrogens is 116 g/mol. The molecule has 0 amide bonds. The molecule has 0 aromatic rings. The molecule has 3 heteroatoms. The summed E-state index contributed by atoms with van der Waals surface area (Å²) in [4.78, 5) is 0. The van der Waals surface area contributed by atoms with E-state index in [2.05, 4.69) is 11.8 Å². The van der Waals surface area contributed by atoms with Gasteiger partial charge in [-0.3, -0.25) is 0 Å². The van der Waals surface area contributed by atoms with Crippen LogP contribution in [0.2, 0.25) is 0 Å². The van der Waals surface area contributed by atoms with E-state index in [1.165, 1.54) is 6.20 Å². The standard InChI is InChI=1S/C6H10N2O/c1-2-3-4-9-6(8)5-7/h5H,4,7-8H2,1H3/b6-5+. The average Bonchev–Trinajstić information content (AvgIpc) is 1.89. The molecule has 0 aliphatic rings. The summed E-state index contributed by atoms with van der Waals surface area (Å²) in [5, 5.41) is 0. The Labute approximate surface area is 54.7 Å². The lowest BCUT2D eigenvalue weighted by molar-refractivity contribution is 0.249. The Bertz CT molecular complexity index is 152. The third-order valence-corrected chi connectivity index (χ3v) is 0.652. The third-order valence-electron chi connectivity index (χ3n) is 0.652. The SMILES string of the molecule is CC#CCO/C(N)=C/N. The van der Waals surface area contributed by atoms with Crippen LogP contribution in [0.15, 0.2) is 12.1 Å². The Balaban J connectivity index is 3.36. The summed E-state index contributed by atoms with van der Waals surface area (Å²) in [5.74, 6) is 5.52. The van der Waals surface area contributed by atoms with Gasteiger partial charge in [-0.05, 0) is 6.92 Å². The van der Waals surface area contributed by atoms with Crippen LogP contribution in [-0.4, -0.2) is 6.61 Å². The van der Waals surface area contributed by atoms with Crippen LogP contribution in [0, 0.1) is 11.8 Å². The molecule has 9 heavy (non-hydrogen) atoms. The summed E-state index contributed by atoms with van der Waals surface area (Å²) < 4.78 is 4.77. The molecule has 0 atom stereocenters. The molecule has 3 nitrogen and oxygen atoms in total. The minimum atomic E-state index is 0.206. The van der Waals surface area contributed by atoms with Gasteiger partial charge in [0.25, 0.3) is 0 Å². The summed E-state index contributed by atoms with van der Waals surface area (Å²) in [5.41, 5.74) is 10.2. The molecule has 0 heterocycles. The van der Waals surface area contributed by atoms with E-state index in [4.69, 9.17) is 16.2 Å². The topological polar surface area (TPSA) is 61.3 Å². The molecule has 50 valence electrons. The van der Waals surface area contributed by atoms with Crippen molar-refractivity contribution < 1.29 is 4.74 Å². The largest absolute Gasteiger partial charge is 0.465 e. The van der Waals surface area contributed by atoms with Crippen LogP contribution >= 0.6 is 0 Å². The summed E-state index contributed by atoms with van der Waals surface area (Å²) >= 11 is 0. The smallest absolute Gasteiger partial charge is 0.201 e. The maximum Gasteiger partial charge on any atom is 0.201 e. The second-order valence-electron chi connectivity index (χ2n) is 1.28. The molecule has 0 unspecified atom stereocenters. The molecule has 0 aromatic carbocycles. The molecule has 0 aliphatic heterocycles. The Morgan fingerprint density at radius 2 is 2.44 bits per heavy atom. The van der Waals surface area contributed by atoms with E-state index >= 15 is 0 Å². The summed E-state index contributed by atoms with van der Waals surface area (Å²) in [6.45, 7) is 2.03. The van der Waals surface area contributed by atoms with E-state index in [9.17, 15) is 0 Å². The molecule has 0 saturated heterocycles. The van der Waals surface area contributed by atoms with Crippen LogP contribution in [0.5, 0.6) is 0 Å². The first-order valence-corrected chi connectivity index (χ1v) is 2.51. The highest BCUT2D eigenvalue weighted by molar-refractivity contribution is 4.96. The fourth-order valence-electron chi connectivity index (χ4n) is 0.240. The highest BCUT2D eigenvalue weighted by Gasteiger charge is 1.81. The molecule has 0 bridgehead atoms. The minimum absolute atomic E-state index is 0.206. The lowest BCUT2D eigenvalue weighted by Crippen LogP contribution is -2.05. The van der Waals surface area contributed by atoms with Crippen molar-refractivity contribution in [3.63, 3.8) is 0 Å². The van der Waals surface area contributed by atoms with E-state index in [1.54, 1.807) is 6.92 Å². The van der Waals surface area contributed by atoms with E-state index < -0.39 is 0 Å². The van der Waals surface area contributed by atoms with Crippen LogP contribution < -0.4 is 11.5 Å². The molecule has 0 radical (unpaired) electrons. The first kappa shape index (κ1) is 7.70. The lowest BCUT2D eigenvalue weighted by atomic mass is 10.6. The zero-order valence-corrected chi connectivity index (χ0v) is 5.35. The first-order valence-electron chi connectivity index (χ1n) is 2.51. The average molecular weight is 126 g/mol. The normalized spacial score (nSPS) is 9.67. The summed E-state index contributed by atoms with van der Waals surface area (Å²) in [6, 6.07) is 0. The second kappa shape index (κ2) is 4.85. The van der Waals surface area contributed by atoms with Gasteiger partial charge in [0.15, 0.2) is 6.61 Å². The highest BCUT2D eigenvalue weighted by Crippen LogP contribution is 1.80. The van der Waals surface area contributed by atoms with Gasteiger partial charge in [-0.25, -0.2) is 0 Å². The fraction of sp³-hybridized carbons (Fsp3) is 0.333. The van der Waals surface area contributed by atoms with E-state index in [-0.39, 0.29) is 5.88 Å². The van der Waals surface area contributed by atoms with Crippen molar-refractivity contribution in [2.24, 2.45) is 11.5 Å². The Morgan fingerprint density at radius 1 is 1.78 bits per heavy atom. The van der Waals surface area contributed by atoms with Gasteiger partial charge in [0.2, 0.25) is 5.88 Å². The van der Waals surface area contributed by atoms with Crippen LogP contribution in [0.3, 0.4) is 0 Å². The monoisotopic (exact) mass is 126 g/mol. The summed E-state index contributed by atoms with van der Waals surface area (Å²) in [6.07, 6.45) is 1.19. The van der Waals surface area contributed by atoms with Crippen molar-refractivity contribution >= 4 is 0 Å². The fourth-order valence-corrected chi connectivity index (χ4v) is 0.240. The van der Waals surface area contributed by atoms with Gasteiger partial charge in [-0.2, -0.15) is 0 Å². The maximum absolute atomic E-state index is 5.16. The zero-order valence-electron chi connectivity index (χ0n) is 5.35. The van der Waals surface area contributed by atoms with Gasteiger partial charge in [-0.1, -0.05) is 5.92 Å². The second-order valence-corrected chi connectivity index (χ2v) is 1.28. The molecule has 0 saturated carbocycles. The molecular formula is C6H10N2O. The Hall–Kier alpha value is -1.30. The van der Waals surface area contributed by atoms with Crippen LogP contribution in [0.25, 0.3) is 0 Å². The van der Waals surface area contributed by atoms with Gasteiger partial charge in [0, 0.05) is 0 Å². The minimum Gasteiger partial charge on any atom is -0.465 e. The van der Waals surface area contributed by atoms with Gasteiger partial charge in [0.1, 0.15) is 0 Å². The van der Waals surface area contributed by atoms with Gasteiger partial charge >= 0.3 is 0 Å². The van der Waals surface area contributed by atoms with Crippen LogP contribution in [0.1, 0.15) is 6.92 Å². The van der Waals surface area contributed by atoms with Crippen molar-refractivity contribution in [1.82, 2.24) is 0 Å². The summed E-state index contributed by atoms with van der Waals surface area (Å²) in [7, 11) is 0. The number of rotatable bonds is 2. The number of ether oxygens (including phenoxy) is 1. The molecule has 0 rings (SSSR count). The number of hydrogen-bond acceptors (Lipinski definition) is 3. The van der Waals surface area contributed by atoms with Crippen LogP contribution in [-0.2, 0) is 4.74 Å². The van der Waals surface area contributed by atoms with E-state index in [0.717, 1.165) is 0 Å². The third kappa shape index (κ3) is 4.56. The van der Waals surface area contributed by atoms with Crippen molar-refractivity contribution in [1.29, 1.82) is 0 Å². The molecule has 0 aromatic heterocycles. The quantitative estimate of drug-likeness (QED) is 0.396. The van der Waals surface area contributed by atoms with Gasteiger partial charge in [-0.15, -0.1) is 5.92 Å². The predicted octanol–water partition coefficient (Wildman–Crippen LogP) is -0.257. The predicted molar refractivity (Wildman–Crippen MR) is 35.9 cm³/mol. The number of hydrogen-bond donors (Lipinski definition) is 2. The van der Waals surface area contributed by atoms with E-state index in [1.807, 2.05) is 0 Å².